The Morgan fingerprint density at radius 2 is 2.10 bits per heavy atom. The number of urea groups is 1. The van der Waals surface area contributed by atoms with Gasteiger partial charge in [-0.25, -0.2) is 4.79 Å². The second kappa shape index (κ2) is 9.42. The van der Waals surface area contributed by atoms with Crippen LogP contribution in [-0.4, -0.2) is 41.1 Å². The lowest BCUT2D eigenvalue weighted by molar-refractivity contribution is -0.137. The van der Waals surface area contributed by atoms with Crippen molar-refractivity contribution in [1.82, 2.24) is 10.2 Å². The van der Waals surface area contributed by atoms with E-state index in [1.54, 1.807) is 6.08 Å². The first kappa shape index (κ1) is 17.5. The molecule has 0 aliphatic heterocycles. The third-order valence-electron chi connectivity index (χ3n) is 3.87. The lowest BCUT2D eigenvalue weighted by atomic mass is 9.94. The highest BCUT2D eigenvalue weighted by Gasteiger charge is 2.31. The molecule has 2 N–H and O–H groups in total. The number of hydrogen-bond acceptors (Lipinski definition) is 2. The van der Waals surface area contributed by atoms with Crippen LogP contribution in [0.2, 0.25) is 0 Å². The Bertz CT molecular complexity index is 353. The van der Waals surface area contributed by atoms with E-state index in [-0.39, 0.29) is 12.5 Å². The monoisotopic (exact) mass is 296 g/mol. The molecule has 5 nitrogen and oxygen atoms in total. The summed E-state index contributed by atoms with van der Waals surface area (Å²) >= 11 is 0. The van der Waals surface area contributed by atoms with Crippen LogP contribution >= 0.6 is 0 Å². The zero-order valence-electron chi connectivity index (χ0n) is 13.0. The standard InChI is InChI=1S/C16H28N2O3/c1-3-5-13(6-9-15(19)20)10-11-17-16(21)18(12-4-2)14-7-8-14/h4,13-14H,2-3,5-12H2,1H3,(H,17,21)(H,19,20). The molecule has 1 aliphatic carbocycles. The van der Waals surface area contributed by atoms with E-state index < -0.39 is 5.97 Å². The minimum Gasteiger partial charge on any atom is -0.481 e. The maximum absolute atomic E-state index is 12.1. The normalized spacial score (nSPS) is 15.3. The van der Waals surface area contributed by atoms with E-state index in [1.807, 2.05) is 4.90 Å². The smallest absolute Gasteiger partial charge is 0.317 e. The van der Waals surface area contributed by atoms with Crippen molar-refractivity contribution in [2.75, 3.05) is 13.1 Å². The van der Waals surface area contributed by atoms with E-state index in [0.717, 1.165) is 32.1 Å². The van der Waals surface area contributed by atoms with Gasteiger partial charge in [-0.3, -0.25) is 4.79 Å². The highest BCUT2D eigenvalue weighted by atomic mass is 16.4. The molecule has 0 aromatic heterocycles. The number of hydrogen-bond donors (Lipinski definition) is 2. The number of nitrogens with zero attached hydrogens (tertiary/aromatic N) is 1. The number of carboxylic acids is 1. The fraction of sp³-hybridized carbons (Fsp3) is 0.750. The average Bonchev–Trinajstić information content (AvgIpc) is 3.26. The topological polar surface area (TPSA) is 69.6 Å². The number of carbonyl (C=O) groups excluding carboxylic acids is 1. The Morgan fingerprint density at radius 3 is 2.62 bits per heavy atom. The Balaban J connectivity index is 2.29. The van der Waals surface area contributed by atoms with Gasteiger partial charge in [-0.05, 0) is 31.6 Å². The predicted octanol–water partition coefficient (Wildman–Crippen LogP) is 3.02. The molecule has 2 amide bonds. The van der Waals surface area contributed by atoms with Gasteiger partial charge in [0, 0.05) is 25.6 Å². The van der Waals surface area contributed by atoms with Crippen molar-refractivity contribution < 1.29 is 14.7 Å². The van der Waals surface area contributed by atoms with Crippen molar-refractivity contribution in [3.8, 4) is 0 Å². The third-order valence-corrected chi connectivity index (χ3v) is 3.87. The molecule has 0 saturated heterocycles. The van der Waals surface area contributed by atoms with Crippen molar-refractivity contribution in [3.63, 3.8) is 0 Å². The summed E-state index contributed by atoms with van der Waals surface area (Å²) in [5.41, 5.74) is 0. The van der Waals surface area contributed by atoms with Gasteiger partial charge in [-0.1, -0.05) is 25.8 Å². The maximum atomic E-state index is 12.1. The number of carbonyl (C=O) groups is 2. The molecule has 1 fully saturated rings. The van der Waals surface area contributed by atoms with Gasteiger partial charge in [0.25, 0.3) is 0 Å². The molecule has 0 aromatic carbocycles. The Morgan fingerprint density at radius 1 is 1.38 bits per heavy atom. The zero-order chi connectivity index (χ0) is 15.7. The first-order chi connectivity index (χ1) is 10.1. The fourth-order valence-electron chi connectivity index (χ4n) is 2.58. The van der Waals surface area contributed by atoms with Crippen LogP contribution in [0.3, 0.4) is 0 Å². The van der Waals surface area contributed by atoms with Crippen LogP contribution in [-0.2, 0) is 4.79 Å². The van der Waals surface area contributed by atoms with Crippen LogP contribution in [0, 0.1) is 5.92 Å². The summed E-state index contributed by atoms with van der Waals surface area (Å²) < 4.78 is 0. The lowest BCUT2D eigenvalue weighted by Crippen LogP contribution is -2.42. The van der Waals surface area contributed by atoms with E-state index in [9.17, 15) is 9.59 Å². The zero-order valence-corrected chi connectivity index (χ0v) is 13.0. The van der Waals surface area contributed by atoms with Gasteiger partial charge in [0.15, 0.2) is 0 Å². The van der Waals surface area contributed by atoms with E-state index in [2.05, 4.69) is 18.8 Å². The van der Waals surface area contributed by atoms with E-state index in [1.165, 1.54) is 0 Å². The second-order valence-electron chi connectivity index (χ2n) is 5.78. The van der Waals surface area contributed by atoms with Crippen LogP contribution in [0.5, 0.6) is 0 Å². The Labute approximate surface area is 127 Å². The van der Waals surface area contributed by atoms with Crippen molar-refractivity contribution in [3.05, 3.63) is 12.7 Å². The predicted molar refractivity (Wildman–Crippen MR) is 83.2 cm³/mol. The Kier molecular flexibility index (Phi) is 7.87. The summed E-state index contributed by atoms with van der Waals surface area (Å²) in [4.78, 5) is 24.6. The first-order valence-electron chi connectivity index (χ1n) is 7.95. The highest BCUT2D eigenvalue weighted by Crippen LogP contribution is 2.26. The number of carboxylic acid groups (broad SMARTS) is 1. The minimum absolute atomic E-state index is 0.0223. The van der Waals surface area contributed by atoms with E-state index >= 15 is 0 Å². The molecule has 0 aromatic rings. The number of rotatable bonds is 11. The summed E-state index contributed by atoms with van der Waals surface area (Å²) in [6.07, 6.45) is 7.73. The maximum Gasteiger partial charge on any atom is 0.317 e. The SMILES string of the molecule is C=CCN(C(=O)NCCC(CCC)CCC(=O)O)C1CC1. The summed E-state index contributed by atoms with van der Waals surface area (Å²) in [6.45, 7) is 7.00. The molecule has 0 bridgehead atoms. The Hall–Kier alpha value is -1.52. The van der Waals surface area contributed by atoms with Crippen LogP contribution < -0.4 is 5.32 Å². The second-order valence-corrected chi connectivity index (χ2v) is 5.78. The first-order valence-corrected chi connectivity index (χ1v) is 7.95. The minimum atomic E-state index is -0.744. The summed E-state index contributed by atoms with van der Waals surface area (Å²) in [6, 6.07) is 0.354. The number of nitrogens with one attached hydrogen (secondary N) is 1. The molecular weight excluding hydrogens is 268 g/mol. The van der Waals surface area contributed by atoms with Gasteiger partial charge in [0.2, 0.25) is 0 Å². The highest BCUT2D eigenvalue weighted by molar-refractivity contribution is 5.75. The molecule has 0 spiro atoms. The quantitative estimate of drug-likeness (QED) is 0.576. The molecule has 1 aliphatic rings. The molecule has 0 radical (unpaired) electrons. The van der Waals surface area contributed by atoms with Crippen LogP contribution in [0.15, 0.2) is 12.7 Å². The van der Waals surface area contributed by atoms with Crippen molar-refractivity contribution in [1.29, 1.82) is 0 Å². The molecule has 1 saturated carbocycles. The molecule has 1 unspecified atom stereocenters. The summed E-state index contributed by atoms with van der Waals surface area (Å²) in [7, 11) is 0. The molecular formula is C16H28N2O3. The van der Waals surface area contributed by atoms with Crippen LogP contribution in [0.4, 0.5) is 4.79 Å². The van der Waals surface area contributed by atoms with Crippen molar-refractivity contribution in [2.24, 2.45) is 5.92 Å². The van der Waals surface area contributed by atoms with E-state index in [4.69, 9.17) is 5.11 Å². The van der Waals surface area contributed by atoms with Crippen LogP contribution in [0.25, 0.3) is 0 Å². The fourth-order valence-corrected chi connectivity index (χ4v) is 2.58. The molecule has 120 valence electrons. The average molecular weight is 296 g/mol. The summed E-state index contributed by atoms with van der Waals surface area (Å²) in [5.74, 6) is -0.369. The van der Waals surface area contributed by atoms with Gasteiger partial charge in [0.1, 0.15) is 0 Å². The van der Waals surface area contributed by atoms with Crippen molar-refractivity contribution >= 4 is 12.0 Å². The van der Waals surface area contributed by atoms with Crippen LogP contribution in [0.1, 0.15) is 51.9 Å². The largest absolute Gasteiger partial charge is 0.481 e. The number of amides is 2. The summed E-state index contributed by atoms with van der Waals surface area (Å²) in [5, 5.41) is 11.7. The van der Waals surface area contributed by atoms with Gasteiger partial charge in [0.05, 0.1) is 0 Å². The molecule has 21 heavy (non-hydrogen) atoms. The van der Waals surface area contributed by atoms with Gasteiger partial charge >= 0.3 is 12.0 Å². The molecule has 5 heteroatoms. The van der Waals surface area contributed by atoms with E-state index in [0.29, 0.717) is 31.5 Å². The lowest BCUT2D eigenvalue weighted by Gasteiger charge is -2.22. The van der Waals surface area contributed by atoms with Gasteiger partial charge < -0.3 is 15.3 Å². The molecule has 1 rings (SSSR count). The number of aliphatic carboxylic acids is 1. The molecule has 1 atom stereocenters. The molecule has 0 heterocycles. The van der Waals surface area contributed by atoms with Gasteiger partial charge in [-0.2, -0.15) is 0 Å². The van der Waals surface area contributed by atoms with Crippen molar-refractivity contribution in [2.45, 2.75) is 57.9 Å². The van der Waals surface area contributed by atoms with Gasteiger partial charge in [-0.15, -0.1) is 6.58 Å². The third kappa shape index (κ3) is 7.16.